The zero-order chi connectivity index (χ0) is 12.8. The molecule has 0 aromatic heterocycles. The third-order valence-electron chi connectivity index (χ3n) is 3.32. The van der Waals surface area contributed by atoms with Gasteiger partial charge < -0.3 is 10.2 Å². The maximum Gasteiger partial charge on any atom is 0.0128 e. The summed E-state index contributed by atoms with van der Waals surface area (Å²) in [5.41, 5.74) is 0.351. The molecule has 0 aliphatic carbocycles. The number of nitrogens with one attached hydrogen (secondary N) is 1. The minimum absolute atomic E-state index is 0.351. The maximum absolute atomic E-state index is 3.74. The Balaban J connectivity index is 4.12. The average molecular weight is 228 g/mol. The van der Waals surface area contributed by atoms with Crippen LogP contribution in [0.5, 0.6) is 0 Å². The van der Waals surface area contributed by atoms with Gasteiger partial charge in [0, 0.05) is 6.04 Å². The molecular weight excluding hydrogens is 196 g/mol. The van der Waals surface area contributed by atoms with Crippen LogP contribution in [0.15, 0.2) is 0 Å². The first-order chi connectivity index (χ1) is 7.27. The van der Waals surface area contributed by atoms with Crippen molar-refractivity contribution in [1.29, 1.82) is 0 Å². The predicted octanol–water partition coefficient (Wildman–Crippen LogP) is 2.99. The van der Waals surface area contributed by atoms with Gasteiger partial charge in [-0.1, -0.05) is 41.0 Å². The van der Waals surface area contributed by atoms with Crippen LogP contribution in [-0.4, -0.2) is 38.1 Å². The second-order valence-corrected chi connectivity index (χ2v) is 6.43. The van der Waals surface area contributed by atoms with Gasteiger partial charge in [-0.15, -0.1) is 0 Å². The third-order valence-corrected chi connectivity index (χ3v) is 3.32. The van der Waals surface area contributed by atoms with E-state index in [1.54, 1.807) is 0 Å². The normalized spacial score (nSPS) is 16.5. The molecule has 0 saturated carbocycles. The Morgan fingerprint density at radius 3 is 2.12 bits per heavy atom. The first kappa shape index (κ1) is 15.9. The first-order valence-corrected chi connectivity index (χ1v) is 6.65. The highest BCUT2D eigenvalue weighted by atomic mass is 15.1. The van der Waals surface area contributed by atoms with Crippen LogP contribution in [0.3, 0.4) is 0 Å². The molecule has 2 nitrogen and oxygen atoms in total. The highest BCUT2D eigenvalue weighted by Crippen LogP contribution is 2.22. The van der Waals surface area contributed by atoms with Crippen molar-refractivity contribution < 1.29 is 0 Å². The van der Waals surface area contributed by atoms with Crippen molar-refractivity contribution >= 4 is 0 Å². The number of hydrogen-bond acceptors (Lipinski definition) is 2. The molecule has 0 aliphatic heterocycles. The van der Waals surface area contributed by atoms with Gasteiger partial charge >= 0.3 is 0 Å². The van der Waals surface area contributed by atoms with Gasteiger partial charge in [0.2, 0.25) is 0 Å². The Hall–Kier alpha value is -0.0800. The van der Waals surface area contributed by atoms with E-state index in [2.05, 4.69) is 58.9 Å². The van der Waals surface area contributed by atoms with Crippen LogP contribution in [-0.2, 0) is 0 Å². The van der Waals surface area contributed by atoms with Gasteiger partial charge in [0.15, 0.2) is 0 Å². The lowest BCUT2D eigenvalue weighted by Gasteiger charge is -2.33. The molecule has 0 aromatic rings. The Labute approximate surface area is 103 Å². The standard InChI is InChI=1S/C14H32N2/c1-8-12(2)11-15-13(14(3,4)5)9-10-16(6)7/h12-13,15H,8-11H2,1-7H3. The van der Waals surface area contributed by atoms with Crippen LogP contribution in [0.4, 0.5) is 0 Å². The van der Waals surface area contributed by atoms with Crippen molar-refractivity contribution in [2.24, 2.45) is 11.3 Å². The summed E-state index contributed by atoms with van der Waals surface area (Å²) in [7, 11) is 4.29. The molecule has 2 unspecified atom stereocenters. The monoisotopic (exact) mass is 228 g/mol. The van der Waals surface area contributed by atoms with E-state index in [-0.39, 0.29) is 0 Å². The van der Waals surface area contributed by atoms with E-state index in [0.717, 1.165) is 19.0 Å². The summed E-state index contributed by atoms with van der Waals surface area (Å²) in [5.74, 6) is 0.782. The van der Waals surface area contributed by atoms with Gasteiger partial charge in [-0.2, -0.15) is 0 Å². The molecule has 98 valence electrons. The molecule has 0 aliphatic rings. The average Bonchev–Trinajstić information content (AvgIpc) is 2.14. The number of hydrogen-bond donors (Lipinski definition) is 1. The van der Waals surface area contributed by atoms with Crippen LogP contribution in [0.25, 0.3) is 0 Å². The molecule has 0 spiro atoms. The highest BCUT2D eigenvalue weighted by Gasteiger charge is 2.24. The summed E-state index contributed by atoms with van der Waals surface area (Å²) in [6, 6.07) is 0.615. The molecule has 0 fully saturated rings. The second-order valence-electron chi connectivity index (χ2n) is 6.43. The Bertz CT molecular complexity index is 170. The van der Waals surface area contributed by atoms with Crippen LogP contribution < -0.4 is 5.32 Å². The van der Waals surface area contributed by atoms with Crippen molar-refractivity contribution in [1.82, 2.24) is 10.2 Å². The summed E-state index contributed by atoms with van der Waals surface area (Å²) < 4.78 is 0. The molecule has 0 bridgehead atoms. The summed E-state index contributed by atoms with van der Waals surface area (Å²) in [6.07, 6.45) is 2.49. The minimum atomic E-state index is 0.351. The van der Waals surface area contributed by atoms with Gasteiger partial charge in [0.25, 0.3) is 0 Å². The lowest BCUT2D eigenvalue weighted by atomic mass is 9.84. The molecule has 0 aromatic carbocycles. The molecule has 0 amide bonds. The molecule has 0 heterocycles. The van der Waals surface area contributed by atoms with Crippen LogP contribution >= 0.6 is 0 Å². The second kappa shape index (κ2) is 7.29. The fraction of sp³-hybridized carbons (Fsp3) is 1.00. The fourth-order valence-corrected chi connectivity index (χ4v) is 1.72. The van der Waals surface area contributed by atoms with E-state index in [1.807, 2.05) is 0 Å². The lowest BCUT2D eigenvalue weighted by Crippen LogP contribution is -2.43. The van der Waals surface area contributed by atoms with E-state index < -0.39 is 0 Å². The summed E-state index contributed by atoms with van der Waals surface area (Å²) in [5, 5.41) is 3.74. The van der Waals surface area contributed by atoms with Crippen molar-refractivity contribution in [3.63, 3.8) is 0 Å². The van der Waals surface area contributed by atoms with E-state index in [1.165, 1.54) is 12.8 Å². The SMILES string of the molecule is CCC(C)CNC(CCN(C)C)C(C)(C)C. The van der Waals surface area contributed by atoms with Crippen molar-refractivity contribution in [2.45, 2.75) is 53.5 Å². The third kappa shape index (κ3) is 7.24. The van der Waals surface area contributed by atoms with E-state index in [4.69, 9.17) is 0 Å². The van der Waals surface area contributed by atoms with Gasteiger partial charge in [-0.05, 0) is 44.9 Å². The number of rotatable bonds is 7. The van der Waals surface area contributed by atoms with Crippen LogP contribution in [0.1, 0.15) is 47.5 Å². The van der Waals surface area contributed by atoms with Crippen molar-refractivity contribution in [3.05, 3.63) is 0 Å². The summed E-state index contributed by atoms with van der Waals surface area (Å²) >= 11 is 0. The van der Waals surface area contributed by atoms with Gasteiger partial charge in [0.05, 0.1) is 0 Å². The minimum Gasteiger partial charge on any atom is -0.313 e. The molecule has 2 heteroatoms. The Kier molecular flexibility index (Phi) is 7.25. The van der Waals surface area contributed by atoms with Gasteiger partial charge in [-0.25, -0.2) is 0 Å². The summed E-state index contributed by atoms with van der Waals surface area (Å²) in [4.78, 5) is 2.27. The predicted molar refractivity (Wildman–Crippen MR) is 73.9 cm³/mol. The van der Waals surface area contributed by atoms with Gasteiger partial charge in [-0.3, -0.25) is 0 Å². The molecule has 1 N–H and O–H groups in total. The van der Waals surface area contributed by atoms with Crippen LogP contribution in [0, 0.1) is 11.3 Å². The zero-order valence-corrected chi connectivity index (χ0v) is 12.4. The molecule has 16 heavy (non-hydrogen) atoms. The van der Waals surface area contributed by atoms with Crippen molar-refractivity contribution in [3.8, 4) is 0 Å². The summed E-state index contributed by atoms with van der Waals surface area (Å²) in [6.45, 7) is 13.9. The number of nitrogens with zero attached hydrogens (tertiary/aromatic N) is 1. The maximum atomic E-state index is 3.74. The quantitative estimate of drug-likeness (QED) is 0.720. The van der Waals surface area contributed by atoms with E-state index >= 15 is 0 Å². The molecule has 2 atom stereocenters. The van der Waals surface area contributed by atoms with Gasteiger partial charge in [0.1, 0.15) is 0 Å². The van der Waals surface area contributed by atoms with Crippen molar-refractivity contribution in [2.75, 3.05) is 27.2 Å². The fourth-order valence-electron chi connectivity index (χ4n) is 1.72. The first-order valence-electron chi connectivity index (χ1n) is 6.65. The van der Waals surface area contributed by atoms with E-state index in [9.17, 15) is 0 Å². The topological polar surface area (TPSA) is 15.3 Å². The Morgan fingerprint density at radius 1 is 1.19 bits per heavy atom. The molecule has 0 saturated heterocycles. The van der Waals surface area contributed by atoms with E-state index in [0.29, 0.717) is 11.5 Å². The zero-order valence-electron chi connectivity index (χ0n) is 12.4. The molecule has 0 radical (unpaired) electrons. The molecular formula is C14H32N2. The lowest BCUT2D eigenvalue weighted by molar-refractivity contribution is 0.225. The Morgan fingerprint density at radius 2 is 1.75 bits per heavy atom. The smallest absolute Gasteiger partial charge is 0.0128 e. The highest BCUT2D eigenvalue weighted by molar-refractivity contribution is 4.81. The molecule has 0 rings (SSSR count). The van der Waals surface area contributed by atoms with Crippen LogP contribution in [0.2, 0.25) is 0 Å². The largest absolute Gasteiger partial charge is 0.313 e.